The topological polar surface area (TPSA) is 15.3 Å². The third-order valence-corrected chi connectivity index (χ3v) is 3.80. The fourth-order valence-corrected chi connectivity index (χ4v) is 2.33. The largest absolute Gasteiger partial charge is 0.366 e. The zero-order chi connectivity index (χ0) is 12.5. The van der Waals surface area contributed by atoms with Crippen molar-refractivity contribution in [1.29, 1.82) is 0 Å². The second-order valence-electron chi connectivity index (χ2n) is 5.25. The number of nitrogens with one attached hydrogen (secondary N) is 1. The number of nitrogens with zero attached hydrogens (tertiary/aromatic N) is 1. The fourth-order valence-electron chi connectivity index (χ4n) is 2.33. The molecule has 0 amide bonds. The van der Waals surface area contributed by atoms with Crippen LogP contribution in [0, 0.1) is 5.82 Å². The second kappa shape index (κ2) is 4.65. The van der Waals surface area contributed by atoms with Gasteiger partial charge in [-0.15, -0.1) is 0 Å². The van der Waals surface area contributed by atoms with Gasteiger partial charge in [0.25, 0.3) is 0 Å². The van der Waals surface area contributed by atoms with Gasteiger partial charge >= 0.3 is 0 Å². The van der Waals surface area contributed by atoms with Crippen LogP contribution in [0.2, 0.25) is 0 Å². The normalized spacial score (nSPS) is 29.4. The maximum Gasteiger partial charge on any atom is 0.125 e. The van der Waals surface area contributed by atoms with Gasteiger partial charge in [-0.2, -0.15) is 0 Å². The summed E-state index contributed by atoms with van der Waals surface area (Å²) in [6, 6.07) is 7.29. The Labute approximate surface area is 103 Å². The first-order chi connectivity index (χ1) is 8.04. The van der Waals surface area contributed by atoms with Gasteiger partial charge in [-0.3, -0.25) is 0 Å². The lowest BCUT2D eigenvalue weighted by Crippen LogP contribution is -2.62. The summed E-state index contributed by atoms with van der Waals surface area (Å²) in [5.41, 5.74) is 1.11. The number of piperazine rings is 1. The molecule has 2 atom stereocenters. The predicted molar refractivity (Wildman–Crippen MR) is 69.9 cm³/mol. The first-order valence-corrected chi connectivity index (χ1v) is 6.31. The Morgan fingerprint density at radius 1 is 1.53 bits per heavy atom. The van der Waals surface area contributed by atoms with E-state index < -0.39 is 0 Å². The zero-order valence-corrected chi connectivity index (χ0v) is 10.8. The number of hydrogen-bond donors (Lipinski definition) is 1. The van der Waals surface area contributed by atoms with E-state index in [-0.39, 0.29) is 11.4 Å². The molecule has 1 heterocycles. The van der Waals surface area contributed by atoms with Crippen LogP contribution in [-0.4, -0.2) is 24.7 Å². The van der Waals surface area contributed by atoms with Crippen molar-refractivity contribution < 1.29 is 4.39 Å². The Balaban J connectivity index is 2.24. The molecule has 1 N–H and O–H groups in total. The Kier molecular flexibility index (Phi) is 3.38. The maximum absolute atomic E-state index is 13.3. The van der Waals surface area contributed by atoms with Crippen molar-refractivity contribution in [2.75, 3.05) is 18.0 Å². The predicted octanol–water partition coefficient (Wildman–Crippen LogP) is 2.79. The molecular weight excluding hydrogens is 215 g/mol. The quantitative estimate of drug-likeness (QED) is 0.849. The molecule has 2 rings (SSSR count). The molecule has 0 bridgehead atoms. The highest BCUT2D eigenvalue weighted by atomic mass is 19.1. The number of benzene rings is 1. The van der Waals surface area contributed by atoms with Crippen molar-refractivity contribution in [3.63, 3.8) is 0 Å². The van der Waals surface area contributed by atoms with E-state index >= 15 is 0 Å². The first kappa shape index (κ1) is 12.4. The van der Waals surface area contributed by atoms with Gasteiger partial charge in [0.2, 0.25) is 0 Å². The molecule has 0 radical (unpaired) electrons. The molecule has 1 aromatic carbocycles. The van der Waals surface area contributed by atoms with E-state index in [9.17, 15) is 4.39 Å². The van der Waals surface area contributed by atoms with Crippen molar-refractivity contribution in [1.82, 2.24) is 5.32 Å². The van der Waals surface area contributed by atoms with Crippen LogP contribution in [-0.2, 0) is 0 Å². The second-order valence-corrected chi connectivity index (χ2v) is 5.25. The highest BCUT2D eigenvalue weighted by Gasteiger charge is 2.32. The van der Waals surface area contributed by atoms with Crippen LogP contribution in [0.3, 0.4) is 0 Å². The molecule has 94 valence electrons. The highest BCUT2D eigenvalue weighted by Crippen LogP contribution is 2.25. The van der Waals surface area contributed by atoms with Gasteiger partial charge in [0.1, 0.15) is 5.82 Å². The van der Waals surface area contributed by atoms with Crippen LogP contribution in [0.4, 0.5) is 10.1 Å². The van der Waals surface area contributed by atoms with Crippen molar-refractivity contribution in [2.24, 2.45) is 0 Å². The van der Waals surface area contributed by atoms with Gasteiger partial charge in [0.15, 0.2) is 0 Å². The Morgan fingerprint density at radius 2 is 2.29 bits per heavy atom. The van der Waals surface area contributed by atoms with Crippen LogP contribution in [0.25, 0.3) is 0 Å². The van der Waals surface area contributed by atoms with E-state index in [0.717, 1.165) is 25.2 Å². The molecule has 1 fully saturated rings. The summed E-state index contributed by atoms with van der Waals surface area (Å²) in [6.07, 6.45) is 1.07. The summed E-state index contributed by atoms with van der Waals surface area (Å²) in [5, 5.41) is 3.57. The molecule has 0 aliphatic carbocycles. The zero-order valence-electron chi connectivity index (χ0n) is 10.8. The Hall–Kier alpha value is -1.09. The van der Waals surface area contributed by atoms with Gasteiger partial charge in [0.05, 0.1) is 0 Å². The Morgan fingerprint density at radius 3 is 2.94 bits per heavy atom. The van der Waals surface area contributed by atoms with E-state index in [4.69, 9.17) is 0 Å². The standard InChI is InChI=1S/C14H21FN2/c1-4-14(3)10-17(11(2)9-16-14)13-7-5-6-12(15)8-13/h5-8,11,16H,4,9-10H2,1-3H3. The van der Waals surface area contributed by atoms with E-state index in [2.05, 4.69) is 31.0 Å². The van der Waals surface area contributed by atoms with Gasteiger partial charge in [0, 0.05) is 30.4 Å². The molecule has 0 aromatic heterocycles. The first-order valence-electron chi connectivity index (χ1n) is 6.31. The highest BCUT2D eigenvalue weighted by molar-refractivity contribution is 5.48. The molecule has 17 heavy (non-hydrogen) atoms. The molecule has 1 aliphatic rings. The number of hydrogen-bond acceptors (Lipinski definition) is 2. The van der Waals surface area contributed by atoms with Crippen LogP contribution in [0.5, 0.6) is 0 Å². The van der Waals surface area contributed by atoms with Crippen LogP contribution >= 0.6 is 0 Å². The van der Waals surface area contributed by atoms with E-state index in [0.29, 0.717) is 6.04 Å². The van der Waals surface area contributed by atoms with Crippen molar-refractivity contribution in [3.05, 3.63) is 30.1 Å². The summed E-state index contributed by atoms with van der Waals surface area (Å²) in [5.74, 6) is -0.161. The average Bonchev–Trinajstić information content (AvgIpc) is 2.33. The maximum atomic E-state index is 13.3. The molecule has 0 saturated carbocycles. The molecule has 0 spiro atoms. The molecule has 1 saturated heterocycles. The summed E-state index contributed by atoms with van der Waals surface area (Å²) in [6.45, 7) is 8.46. The minimum absolute atomic E-state index is 0.124. The van der Waals surface area contributed by atoms with Crippen LogP contribution < -0.4 is 10.2 Å². The van der Waals surface area contributed by atoms with Gasteiger partial charge in [-0.1, -0.05) is 13.0 Å². The lowest BCUT2D eigenvalue weighted by molar-refractivity contribution is 0.285. The van der Waals surface area contributed by atoms with Gasteiger partial charge in [-0.25, -0.2) is 4.39 Å². The third kappa shape index (κ3) is 2.60. The summed E-state index contributed by atoms with van der Waals surface area (Å²) in [7, 11) is 0. The van der Waals surface area contributed by atoms with E-state index in [1.54, 1.807) is 12.1 Å². The van der Waals surface area contributed by atoms with Gasteiger partial charge < -0.3 is 10.2 Å². The monoisotopic (exact) mass is 236 g/mol. The minimum Gasteiger partial charge on any atom is -0.366 e. The fraction of sp³-hybridized carbons (Fsp3) is 0.571. The molecular formula is C14H21FN2. The van der Waals surface area contributed by atoms with E-state index in [1.807, 2.05) is 6.07 Å². The number of rotatable bonds is 2. The third-order valence-electron chi connectivity index (χ3n) is 3.80. The van der Waals surface area contributed by atoms with E-state index in [1.165, 1.54) is 6.07 Å². The lowest BCUT2D eigenvalue weighted by Gasteiger charge is -2.46. The molecule has 1 aliphatic heterocycles. The van der Waals surface area contributed by atoms with Crippen molar-refractivity contribution in [2.45, 2.75) is 38.8 Å². The Bertz CT molecular complexity index is 394. The van der Waals surface area contributed by atoms with Crippen LogP contribution in [0.1, 0.15) is 27.2 Å². The van der Waals surface area contributed by atoms with Crippen LogP contribution in [0.15, 0.2) is 24.3 Å². The van der Waals surface area contributed by atoms with Crippen molar-refractivity contribution >= 4 is 5.69 Å². The lowest BCUT2D eigenvalue weighted by atomic mass is 9.93. The molecule has 1 aromatic rings. The molecule has 2 nitrogen and oxygen atoms in total. The molecule has 3 heteroatoms. The summed E-state index contributed by atoms with van der Waals surface area (Å²) < 4.78 is 13.3. The average molecular weight is 236 g/mol. The number of anilines is 1. The smallest absolute Gasteiger partial charge is 0.125 e. The summed E-state index contributed by atoms with van der Waals surface area (Å²) in [4.78, 5) is 2.29. The minimum atomic E-state index is -0.161. The van der Waals surface area contributed by atoms with Crippen molar-refractivity contribution in [3.8, 4) is 0 Å². The summed E-state index contributed by atoms with van der Waals surface area (Å²) >= 11 is 0. The molecule has 2 unspecified atom stereocenters. The van der Waals surface area contributed by atoms with Gasteiger partial charge in [-0.05, 0) is 38.5 Å². The number of halogens is 1. The SMILES string of the molecule is CCC1(C)CN(c2cccc(F)c2)C(C)CN1.